The number of rotatable bonds is 8. The molecule has 3 aromatic rings. The van der Waals surface area contributed by atoms with Crippen molar-refractivity contribution in [2.45, 2.75) is 25.7 Å². The van der Waals surface area contributed by atoms with E-state index in [9.17, 15) is 18.0 Å². The third-order valence-corrected chi connectivity index (χ3v) is 7.69. The zero-order valence-electron chi connectivity index (χ0n) is 19.0. The van der Waals surface area contributed by atoms with E-state index in [-0.39, 0.29) is 16.2 Å². The van der Waals surface area contributed by atoms with Gasteiger partial charge in [0.25, 0.3) is 5.91 Å². The molecule has 9 heteroatoms. The number of ether oxygens (including phenoxy) is 1. The zero-order valence-corrected chi connectivity index (χ0v) is 20.6. The second-order valence-corrected chi connectivity index (χ2v) is 9.73. The normalized spacial score (nSPS) is 11.3. The maximum Gasteiger partial charge on any atom is 0.343 e. The van der Waals surface area contributed by atoms with Gasteiger partial charge in [0.05, 0.1) is 21.0 Å². The van der Waals surface area contributed by atoms with Gasteiger partial charge in [0.2, 0.25) is 10.0 Å². The first kappa shape index (κ1) is 25.4. The molecule has 3 rings (SSSR count). The Labute approximate surface area is 204 Å². The molecule has 0 radical (unpaired) electrons. The molecule has 1 amide bonds. The maximum atomic E-state index is 13.0. The highest BCUT2D eigenvalue weighted by molar-refractivity contribution is 7.89. The van der Waals surface area contributed by atoms with Crippen molar-refractivity contribution in [1.82, 2.24) is 4.31 Å². The van der Waals surface area contributed by atoms with Crippen LogP contribution in [0.3, 0.4) is 0 Å². The highest BCUT2D eigenvalue weighted by Crippen LogP contribution is 2.24. The Kier molecular flexibility index (Phi) is 8.09. The van der Waals surface area contributed by atoms with E-state index in [1.165, 1.54) is 22.5 Å². The number of hydrogen-bond acceptors (Lipinski definition) is 5. The first-order chi connectivity index (χ1) is 16.2. The lowest BCUT2D eigenvalue weighted by molar-refractivity contribution is 0.0734. The van der Waals surface area contributed by atoms with Crippen molar-refractivity contribution in [3.63, 3.8) is 0 Å². The zero-order chi connectivity index (χ0) is 24.9. The van der Waals surface area contributed by atoms with Gasteiger partial charge in [-0.2, -0.15) is 4.31 Å². The van der Waals surface area contributed by atoms with Crippen LogP contribution in [0, 0.1) is 6.92 Å². The molecule has 0 atom stereocenters. The molecule has 3 aromatic carbocycles. The quantitative estimate of drug-likeness (QED) is 0.341. The number of nitrogens with one attached hydrogen (secondary N) is 1. The molecule has 0 bridgehead atoms. The number of amides is 1. The summed E-state index contributed by atoms with van der Waals surface area (Å²) in [4.78, 5) is 25.3. The fourth-order valence-corrected chi connectivity index (χ4v) is 5.29. The molecular weight excluding hydrogens is 476 g/mol. The van der Waals surface area contributed by atoms with Gasteiger partial charge in [-0.15, -0.1) is 0 Å². The third-order valence-electron chi connectivity index (χ3n) is 5.17. The van der Waals surface area contributed by atoms with E-state index < -0.39 is 21.9 Å². The Hall–Kier alpha value is -3.20. The highest BCUT2D eigenvalue weighted by atomic mass is 35.5. The van der Waals surface area contributed by atoms with Crippen LogP contribution in [0.15, 0.2) is 71.6 Å². The lowest BCUT2D eigenvalue weighted by atomic mass is 10.1. The van der Waals surface area contributed by atoms with Crippen molar-refractivity contribution in [2.24, 2.45) is 0 Å². The molecule has 34 heavy (non-hydrogen) atoms. The number of anilines is 1. The predicted molar refractivity (Wildman–Crippen MR) is 132 cm³/mol. The summed E-state index contributed by atoms with van der Waals surface area (Å²) < 4.78 is 32.7. The first-order valence-electron chi connectivity index (χ1n) is 10.7. The van der Waals surface area contributed by atoms with E-state index in [1.807, 2.05) is 0 Å². The van der Waals surface area contributed by atoms with Crippen molar-refractivity contribution in [1.29, 1.82) is 0 Å². The fourth-order valence-electron chi connectivity index (χ4n) is 3.35. The minimum absolute atomic E-state index is 0.0615. The average Bonchev–Trinajstić information content (AvgIpc) is 2.80. The Morgan fingerprint density at radius 2 is 1.68 bits per heavy atom. The summed E-state index contributed by atoms with van der Waals surface area (Å²) in [6.45, 7) is 5.83. The minimum Gasteiger partial charge on any atom is -0.423 e. The molecule has 0 aliphatic heterocycles. The molecule has 178 valence electrons. The molecule has 0 fully saturated rings. The molecule has 0 aliphatic rings. The van der Waals surface area contributed by atoms with E-state index in [2.05, 4.69) is 5.32 Å². The molecular formula is C25H25ClN2O5S. The van der Waals surface area contributed by atoms with Crippen molar-refractivity contribution in [3.8, 4) is 5.75 Å². The Morgan fingerprint density at radius 1 is 0.971 bits per heavy atom. The number of carbonyl (C=O) groups excluding carboxylic acids is 2. The van der Waals surface area contributed by atoms with Crippen LogP contribution in [-0.4, -0.2) is 37.7 Å². The molecule has 0 spiro atoms. The number of halogens is 1. The summed E-state index contributed by atoms with van der Waals surface area (Å²) in [5.74, 6) is -0.930. The van der Waals surface area contributed by atoms with Crippen LogP contribution in [0.5, 0.6) is 5.75 Å². The maximum absolute atomic E-state index is 13.0. The van der Waals surface area contributed by atoms with Crippen molar-refractivity contribution >= 4 is 39.2 Å². The van der Waals surface area contributed by atoms with E-state index in [0.717, 1.165) is 0 Å². The first-order valence-corrected chi connectivity index (χ1v) is 12.5. The summed E-state index contributed by atoms with van der Waals surface area (Å²) in [6, 6.07) is 17.4. The smallest absolute Gasteiger partial charge is 0.343 e. The average molecular weight is 501 g/mol. The topological polar surface area (TPSA) is 92.8 Å². The van der Waals surface area contributed by atoms with Crippen LogP contribution in [0.4, 0.5) is 5.69 Å². The molecule has 0 heterocycles. The number of benzene rings is 3. The van der Waals surface area contributed by atoms with Gasteiger partial charge in [0, 0.05) is 24.8 Å². The monoisotopic (exact) mass is 500 g/mol. The Morgan fingerprint density at radius 3 is 2.35 bits per heavy atom. The lowest BCUT2D eigenvalue weighted by Gasteiger charge is -2.20. The molecule has 0 aliphatic carbocycles. The molecule has 0 saturated heterocycles. The van der Waals surface area contributed by atoms with Crippen LogP contribution >= 0.6 is 11.6 Å². The summed E-state index contributed by atoms with van der Waals surface area (Å²) >= 11 is 6.07. The Balaban J connectivity index is 1.80. The van der Waals surface area contributed by atoms with Crippen molar-refractivity contribution < 1.29 is 22.7 Å². The predicted octanol–water partition coefficient (Wildman–Crippen LogP) is 5.15. The van der Waals surface area contributed by atoms with Gasteiger partial charge in [-0.1, -0.05) is 49.7 Å². The van der Waals surface area contributed by atoms with Crippen LogP contribution in [0.2, 0.25) is 5.02 Å². The van der Waals surface area contributed by atoms with Gasteiger partial charge < -0.3 is 10.1 Å². The summed E-state index contributed by atoms with van der Waals surface area (Å²) in [7, 11) is -3.74. The Bertz CT molecular complexity index is 1320. The van der Waals surface area contributed by atoms with Crippen LogP contribution in [-0.2, 0) is 10.0 Å². The van der Waals surface area contributed by atoms with Crippen LogP contribution in [0.25, 0.3) is 0 Å². The van der Waals surface area contributed by atoms with E-state index in [4.69, 9.17) is 16.3 Å². The molecule has 0 unspecified atom stereocenters. The van der Waals surface area contributed by atoms with E-state index in [0.29, 0.717) is 34.9 Å². The van der Waals surface area contributed by atoms with E-state index in [1.54, 1.807) is 69.3 Å². The summed E-state index contributed by atoms with van der Waals surface area (Å²) in [5, 5.41) is 3.03. The molecule has 0 aromatic heterocycles. The SMILES string of the molecule is CCN(CC)S(=O)(=O)c1cc(C(=O)Oc2cccc(NC(=O)c3ccccc3Cl)c2)ccc1C. The van der Waals surface area contributed by atoms with Crippen LogP contribution < -0.4 is 10.1 Å². The minimum atomic E-state index is -3.74. The van der Waals surface area contributed by atoms with Gasteiger partial charge in [0.15, 0.2) is 0 Å². The number of esters is 1. The third kappa shape index (κ3) is 5.64. The number of nitrogens with zero attached hydrogens (tertiary/aromatic N) is 1. The summed E-state index contributed by atoms with van der Waals surface area (Å²) in [6.07, 6.45) is 0. The van der Waals surface area contributed by atoms with E-state index >= 15 is 0 Å². The fraction of sp³-hybridized carbons (Fsp3) is 0.200. The number of sulfonamides is 1. The number of hydrogen-bond donors (Lipinski definition) is 1. The molecule has 7 nitrogen and oxygen atoms in total. The van der Waals surface area contributed by atoms with Gasteiger partial charge in [0.1, 0.15) is 5.75 Å². The standard InChI is InChI=1S/C25H25ClN2O5S/c1-4-28(5-2)34(31,32)23-15-18(14-13-17(23)3)25(30)33-20-10-8-9-19(16-20)27-24(29)21-11-6-7-12-22(21)26/h6-16H,4-5H2,1-3H3,(H,27,29). The van der Waals surface area contributed by atoms with Crippen molar-refractivity contribution in [3.05, 3.63) is 88.4 Å². The van der Waals surface area contributed by atoms with Crippen molar-refractivity contribution in [2.75, 3.05) is 18.4 Å². The van der Waals surface area contributed by atoms with Crippen LogP contribution in [0.1, 0.15) is 40.1 Å². The molecule has 0 saturated carbocycles. The van der Waals surface area contributed by atoms with Gasteiger partial charge in [-0.05, 0) is 48.9 Å². The highest BCUT2D eigenvalue weighted by Gasteiger charge is 2.25. The van der Waals surface area contributed by atoms with Gasteiger partial charge in [-0.25, -0.2) is 13.2 Å². The summed E-state index contributed by atoms with van der Waals surface area (Å²) in [5.41, 5.74) is 1.35. The van der Waals surface area contributed by atoms with Gasteiger partial charge in [-0.3, -0.25) is 4.79 Å². The number of aryl methyl sites for hydroxylation is 1. The van der Waals surface area contributed by atoms with Gasteiger partial charge >= 0.3 is 5.97 Å². The lowest BCUT2D eigenvalue weighted by Crippen LogP contribution is -2.31. The number of carbonyl (C=O) groups is 2. The second-order valence-electron chi connectivity index (χ2n) is 7.42. The molecule has 1 N–H and O–H groups in total. The second kappa shape index (κ2) is 10.8. The largest absolute Gasteiger partial charge is 0.423 e.